The number of likely N-dealkylation sites (N-methyl/N-ethyl adjacent to an activating group) is 1. The zero-order valence-electron chi connectivity index (χ0n) is 13.5. The molecule has 0 aliphatic heterocycles. The first-order chi connectivity index (χ1) is 11.0. The predicted molar refractivity (Wildman–Crippen MR) is 86.6 cm³/mol. The monoisotopic (exact) mass is 317 g/mol. The van der Waals surface area contributed by atoms with E-state index in [0.29, 0.717) is 30.2 Å². The van der Waals surface area contributed by atoms with Crippen LogP contribution in [0.5, 0.6) is 11.5 Å². The minimum atomic E-state index is -0.307. The molecule has 0 saturated carbocycles. The molecule has 0 N–H and O–H groups in total. The molecule has 0 unspecified atom stereocenters. The highest BCUT2D eigenvalue weighted by molar-refractivity contribution is 5.94. The van der Waals surface area contributed by atoms with E-state index in [4.69, 9.17) is 9.47 Å². The first kappa shape index (κ1) is 16.8. The maximum absolute atomic E-state index is 12.8. The molecule has 5 heteroatoms. The van der Waals surface area contributed by atoms with Crippen molar-refractivity contribution in [3.8, 4) is 11.5 Å². The summed E-state index contributed by atoms with van der Waals surface area (Å²) >= 11 is 0. The van der Waals surface area contributed by atoms with E-state index >= 15 is 0 Å². The van der Waals surface area contributed by atoms with Gasteiger partial charge in [0.2, 0.25) is 0 Å². The number of amides is 1. The number of methoxy groups -OCH3 is 1. The second-order valence-electron chi connectivity index (χ2n) is 5.21. The van der Waals surface area contributed by atoms with Gasteiger partial charge in [-0.25, -0.2) is 4.39 Å². The van der Waals surface area contributed by atoms with Gasteiger partial charge in [0.25, 0.3) is 5.91 Å². The Morgan fingerprint density at radius 3 is 2.52 bits per heavy atom. The second-order valence-corrected chi connectivity index (χ2v) is 5.21. The normalized spacial score (nSPS) is 10.3. The van der Waals surface area contributed by atoms with Crippen LogP contribution < -0.4 is 9.47 Å². The Bertz CT molecular complexity index is 670. The van der Waals surface area contributed by atoms with Crippen LogP contribution in [-0.2, 0) is 0 Å². The minimum absolute atomic E-state index is 0.106. The summed E-state index contributed by atoms with van der Waals surface area (Å²) in [6.45, 7) is 2.68. The van der Waals surface area contributed by atoms with Crippen molar-refractivity contribution in [2.45, 2.75) is 6.92 Å². The molecular weight excluding hydrogens is 297 g/mol. The van der Waals surface area contributed by atoms with Gasteiger partial charge < -0.3 is 14.4 Å². The molecule has 0 aromatic heterocycles. The van der Waals surface area contributed by atoms with Gasteiger partial charge in [-0.15, -0.1) is 0 Å². The molecule has 0 atom stereocenters. The molecule has 0 radical (unpaired) electrons. The molecule has 0 bridgehead atoms. The van der Waals surface area contributed by atoms with E-state index in [1.165, 1.54) is 12.1 Å². The standard InChI is InChI=1S/C18H20FNO3/c1-13-4-5-14(12-17(13)22-3)18(21)20(2)10-11-23-16-8-6-15(19)7-9-16/h4-9,12H,10-11H2,1-3H3. The van der Waals surface area contributed by atoms with E-state index in [2.05, 4.69) is 0 Å². The Hall–Kier alpha value is -2.56. The molecule has 0 heterocycles. The third-order valence-electron chi connectivity index (χ3n) is 3.51. The molecule has 2 rings (SSSR count). The van der Waals surface area contributed by atoms with Gasteiger partial charge in [-0.05, 0) is 48.9 Å². The highest BCUT2D eigenvalue weighted by Crippen LogP contribution is 2.19. The lowest BCUT2D eigenvalue weighted by molar-refractivity contribution is 0.0773. The van der Waals surface area contributed by atoms with Crippen LogP contribution in [0.15, 0.2) is 42.5 Å². The van der Waals surface area contributed by atoms with Crippen LogP contribution in [0.3, 0.4) is 0 Å². The Morgan fingerprint density at radius 2 is 1.87 bits per heavy atom. The van der Waals surface area contributed by atoms with Gasteiger partial charge in [-0.2, -0.15) is 0 Å². The van der Waals surface area contributed by atoms with E-state index in [9.17, 15) is 9.18 Å². The maximum atomic E-state index is 12.8. The third-order valence-corrected chi connectivity index (χ3v) is 3.51. The highest BCUT2D eigenvalue weighted by atomic mass is 19.1. The van der Waals surface area contributed by atoms with Gasteiger partial charge in [0.15, 0.2) is 0 Å². The summed E-state index contributed by atoms with van der Waals surface area (Å²) in [6, 6.07) is 11.1. The second kappa shape index (κ2) is 7.63. The van der Waals surface area contributed by atoms with Crippen molar-refractivity contribution < 1.29 is 18.7 Å². The number of hydrogen-bond acceptors (Lipinski definition) is 3. The van der Waals surface area contributed by atoms with Crippen molar-refractivity contribution in [3.05, 3.63) is 59.4 Å². The average molecular weight is 317 g/mol. The highest BCUT2D eigenvalue weighted by Gasteiger charge is 2.13. The quantitative estimate of drug-likeness (QED) is 0.820. The molecule has 0 aliphatic rings. The van der Waals surface area contributed by atoms with E-state index < -0.39 is 0 Å². The van der Waals surface area contributed by atoms with Crippen LogP contribution >= 0.6 is 0 Å². The maximum Gasteiger partial charge on any atom is 0.253 e. The molecule has 0 fully saturated rings. The molecule has 122 valence electrons. The number of benzene rings is 2. The molecule has 1 amide bonds. The third kappa shape index (κ3) is 4.45. The SMILES string of the molecule is COc1cc(C(=O)N(C)CCOc2ccc(F)cc2)ccc1C. The van der Waals surface area contributed by atoms with Crippen molar-refractivity contribution in [3.63, 3.8) is 0 Å². The largest absolute Gasteiger partial charge is 0.496 e. The Kier molecular flexibility index (Phi) is 5.57. The average Bonchev–Trinajstić information content (AvgIpc) is 2.56. The lowest BCUT2D eigenvalue weighted by Crippen LogP contribution is -2.30. The minimum Gasteiger partial charge on any atom is -0.496 e. The van der Waals surface area contributed by atoms with Gasteiger partial charge in [0.05, 0.1) is 13.7 Å². The summed E-state index contributed by atoms with van der Waals surface area (Å²) < 4.78 is 23.5. The number of carbonyl (C=O) groups excluding carboxylic acids is 1. The lowest BCUT2D eigenvalue weighted by Gasteiger charge is -2.18. The Morgan fingerprint density at radius 1 is 1.17 bits per heavy atom. The van der Waals surface area contributed by atoms with Crippen LogP contribution in [0.4, 0.5) is 4.39 Å². The van der Waals surface area contributed by atoms with Crippen LogP contribution in [-0.4, -0.2) is 38.1 Å². The molecule has 23 heavy (non-hydrogen) atoms. The number of carbonyl (C=O) groups is 1. The summed E-state index contributed by atoms with van der Waals surface area (Å²) in [6.07, 6.45) is 0. The summed E-state index contributed by atoms with van der Waals surface area (Å²) in [5.74, 6) is 0.847. The summed E-state index contributed by atoms with van der Waals surface area (Å²) in [4.78, 5) is 14.0. The zero-order chi connectivity index (χ0) is 16.8. The number of halogens is 1. The van der Waals surface area contributed by atoms with Crippen LogP contribution in [0.2, 0.25) is 0 Å². The molecule has 2 aromatic rings. The van der Waals surface area contributed by atoms with Gasteiger partial charge in [-0.1, -0.05) is 6.07 Å². The summed E-state index contributed by atoms with van der Waals surface area (Å²) in [5, 5.41) is 0. The number of aryl methyl sites for hydroxylation is 1. The first-order valence-corrected chi connectivity index (χ1v) is 7.29. The van der Waals surface area contributed by atoms with Crippen LogP contribution in [0, 0.1) is 12.7 Å². The molecule has 0 spiro atoms. The summed E-state index contributed by atoms with van der Waals surface area (Å²) in [7, 11) is 3.29. The fourth-order valence-electron chi connectivity index (χ4n) is 2.11. The van der Waals surface area contributed by atoms with E-state index in [-0.39, 0.29) is 11.7 Å². The van der Waals surface area contributed by atoms with Gasteiger partial charge in [0.1, 0.15) is 23.9 Å². The molecule has 0 saturated heterocycles. The van der Waals surface area contributed by atoms with Crippen molar-refractivity contribution in [1.29, 1.82) is 0 Å². The smallest absolute Gasteiger partial charge is 0.253 e. The summed E-state index contributed by atoms with van der Waals surface area (Å²) in [5.41, 5.74) is 1.54. The van der Waals surface area contributed by atoms with Gasteiger partial charge in [-0.3, -0.25) is 4.79 Å². The van der Waals surface area contributed by atoms with E-state index in [0.717, 1.165) is 5.56 Å². The fourth-order valence-corrected chi connectivity index (χ4v) is 2.11. The number of ether oxygens (including phenoxy) is 2. The molecule has 2 aromatic carbocycles. The fraction of sp³-hybridized carbons (Fsp3) is 0.278. The van der Waals surface area contributed by atoms with Gasteiger partial charge >= 0.3 is 0 Å². The first-order valence-electron chi connectivity index (χ1n) is 7.29. The van der Waals surface area contributed by atoms with Crippen molar-refractivity contribution >= 4 is 5.91 Å². The number of hydrogen-bond donors (Lipinski definition) is 0. The van der Waals surface area contributed by atoms with Crippen LogP contribution in [0.1, 0.15) is 15.9 Å². The predicted octanol–water partition coefficient (Wildman–Crippen LogP) is 3.29. The van der Waals surface area contributed by atoms with E-state index in [1.807, 2.05) is 13.0 Å². The van der Waals surface area contributed by atoms with Gasteiger partial charge in [0, 0.05) is 12.6 Å². The Labute approximate surface area is 135 Å². The molecule has 0 aliphatic carbocycles. The molecular formula is C18H20FNO3. The van der Waals surface area contributed by atoms with Crippen molar-refractivity contribution in [2.75, 3.05) is 27.3 Å². The van der Waals surface area contributed by atoms with Crippen LogP contribution in [0.25, 0.3) is 0 Å². The number of rotatable bonds is 6. The lowest BCUT2D eigenvalue weighted by atomic mass is 10.1. The van der Waals surface area contributed by atoms with Crippen molar-refractivity contribution in [1.82, 2.24) is 4.90 Å². The topological polar surface area (TPSA) is 38.8 Å². The zero-order valence-corrected chi connectivity index (χ0v) is 13.5. The van der Waals surface area contributed by atoms with E-state index in [1.54, 1.807) is 43.3 Å². The Balaban J connectivity index is 1.91. The molecule has 4 nitrogen and oxygen atoms in total. The number of nitrogens with zero attached hydrogens (tertiary/aromatic N) is 1. The van der Waals surface area contributed by atoms with Crippen molar-refractivity contribution in [2.24, 2.45) is 0 Å².